The van der Waals surface area contributed by atoms with Crippen molar-refractivity contribution in [1.29, 1.82) is 0 Å². The van der Waals surface area contributed by atoms with Gasteiger partial charge < -0.3 is 21.3 Å². The van der Waals surface area contributed by atoms with Gasteiger partial charge in [-0.3, -0.25) is 9.59 Å². The third-order valence-electron chi connectivity index (χ3n) is 2.17. The Labute approximate surface area is 100 Å². The van der Waals surface area contributed by atoms with E-state index >= 15 is 0 Å². The number of rotatable bonds is 8. The number of hydrogen-bond acceptors (Lipinski definition) is 4. The highest BCUT2D eigenvalue weighted by Gasteiger charge is 2.13. The summed E-state index contributed by atoms with van der Waals surface area (Å²) >= 11 is 0. The maximum Gasteiger partial charge on any atom is 0.320 e. The van der Waals surface area contributed by atoms with Crippen LogP contribution in [0.1, 0.15) is 25.7 Å². The lowest BCUT2D eigenvalue weighted by Gasteiger charge is -2.09. The van der Waals surface area contributed by atoms with Gasteiger partial charge in [0, 0.05) is 13.0 Å². The van der Waals surface area contributed by atoms with E-state index < -0.39 is 24.0 Å². The average molecular weight is 242 g/mol. The predicted octanol–water partition coefficient (Wildman–Crippen LogP) is -0.931. The Morgan fingerprint density at radius 3 is 2.59 bits per heavy atom. The van der Waals surface area contributed by atoms with E-state index in [-0.39, 0.29) is 6.42 Å². The van der Waals surface area contributed by atoms with E-state index in [1.165, 1.54) is 0 Å². The van der Waals surface area contributed by atoms with Gasteiger partial charge in [0.25, 0.3) is 0 Å². The van der Waals surface area contributed by atoms with Gasteiger partial charge in [0.2, 0.25) is 5.91 Å². The molecule has 2 atom stereocenters. The largest absolute Gasteiger partial charge is 0.480 e. The van der Waals surface area contributed by atoms with Crippen molar-refractivity contribution in [3.05, 3.63) is 0 Å². The molecule has 1 amide bonds. The maximum absolute atomic E-state index is 11.2. The molecule has 0 heterocycles. The van der Waals surface area contributed by atoms with Crippen LogP contribution in [0.2, 0.25) is 0 Å². The second-order valence-corrected chi connectivity index (χ2v) is 3.66. The van der Waals surface area contributed by atoms with Crippen LogP contribution in [0.4, 0.5) is 0 Å². The number of aliphatic hydroxyl groups excluding tert-OH is 1. The van der Waals surface area contributed by atoms with Crippen LogP contribution in [-0.4, -0.2) is 40.8 Å². The number of carboxylic acid groups (broad SMARTS) is 1. The lowest BCUT2D eigenvalue weighted by Crippen LogP contribution is -2.35. The van der Waals surface area contributed by atoms with Gasteiger partial charge in [-0.2, -0.15) is 0 Å². The number of nitrogens with two attached hydrogens (primary N) is 1. The minimum atomic E-state index is -1.18. The zero-order chi connectivity index (χ0) is 13.3. The van der Waals surface area contributed by atoms with Crippen molar-refractivity contribution in [3.63, 3.8) is 0 Å². The Morgan fingerprint density at radius 1 is 1.41 bits per heavy atom. The number of hydrogen-bond donors (Lipinski definition) is 4. The molecule has 17 heavy (non-hydrogen) atoms. The summed E-state index contributed by atoms with van der Waals surface area (Å²) in [5, 5.41) is 20.2. The molecule has 6 heteroatoms. The lowest BCUT2D eigenvalue weighted by atomic mass is 10.1. The summed E-state index contributed by atoms with van der Waals surface area (Å²) in [4.78, 5) is 21.5. The van der Waals surface area contributed by atoms with Gasteiger partial charge in [-0.05, 0) is 19.3 Å². The van der Waals surface area contributed by atoms with Crippen molar-refractivity contribution in [2.75, 3.05) is 6.54 Å². The van der Waals surface area contributed by atoms with Gasteiger partial charge >= 0.3 is 5.97 Å². The minimum Gasteiger partial charge on any atom is -0.480 e. The highest BCUT2D eigenvalue weighted by atomic mass is 16.4. The van der Waals surface area contributed by atoms with Gasteiger partial charge in [0.1, 0.15) is 12.1 Å². The van der Waals surface area contributed by atoms with Crippen molar-refractivity contribution in [2.24, 2.45) is 5.73 Å². The van der Waals surface area contributed by atoms with Crippen molar-refractivity contribution in [2.45, 2.75) is 37.8 Å². The summed E-state index contributed by atoms with van der Waals surface area (Å²) in [6.45, 7) is 0.368. The molecule has 0 aromatic rings. The monoisotopic (exact) mass is 242 g/mol. The first kappa shape index (κ1) is 15.4. The van der Waals surface area contributed by atoms with E-state index in [1.54, 1.807) is 0 Å². The van der Waals surface area contributed by atoms with Crippen LogP contribution in [0.3, 0.4) is 0 Å². The van der Waals surface area contributed by atoms with Crippen LogP contribution >= 0.6 is 0 Å². The molecule has 96 valence electrons. The minimum absolute atomic E-state index is 0.0181. The SMILES string of the molecule is C#CC[C@H](O)C(=O)NCCCCC(N)C(=O)O. The first-order chi connectivity index (χ1) is 7.99. The fourth-order valence-corrected chi connectivity index (χ4v) is 1.15. The topological polar surface area (TPSA) is 113 Å². The molecule has 0 saturated heterocycles. The highest BCUT2D eigenvalue weighted by molar-refractivity contribution is 5.80. The molecule has 0 rings (SSSR count). The number of carboxylic acids is 1. The second-order valence-electron chi connectivity index (χ2n) is 3.66. The standard InChI is InChI=1S/C11H18N2O4/c1-2-5-9(14)10(15)13-7-4-3-6-8(12)11(16)17/h1,8-9,14H,3-7,12H2,(H,13,15)(H,16,17)/t8?,9-/m0/s1. The zero-order valence-corrected chi connectivity index (χ0v) is 9.56. The van der Waals surface area contributed by atoms with E-state index in [2.05, 4.69) is 11.2 Å². The van der Waals surface area contributed by atoms with Crippen molar-refractivity contribution in [1.82, 2.24) is 5.32 Å². The van der Waals surface area contributed by atoms with Crippen LogP contribution in [-0.2, 0) is 9.59 Å². The second kappa shape index (κ2) is 8.56. The summed E-state index contributed by atoms with van der Waals surface area (Å²) < 4.78 is 0. The molecule has 0 aliphatic carbocycles. The van der Waals surface area contributed by atoms with E-state index in [1.807, 2.05) is 0 Å². The number of nitrogens with one attached hydrogen (secondary N) is 1. The van der Waals surface area contributed by atoms with Crippen LogP contribution < -0.4 is 11.1 Å². The molecule has 5 N–H and O–H groups in total. The number of amides is 1. The molecular weight excluding hydrogens is 224 g/mol. The summed E-state index contributed by atoms with van der Waals surface area (Å²) in [5.74, 6) is 0.647. The van der Waals surface area contributed by atoms with E-state index in [9.17, 15) is 14.7 Å². The first-order valence-corrected chi connectivity index (χ1v) is 5.36. The Hall–Kier alpha value is -1.58. The van der Waals surface area contributed by atoms with E-state index in [0.29, 0.717) is 25.8 Å². The van der Waals surface area contributed by atoms with Gasteiger partial charge in [-0.25, -0.2) is 0 Å². The number of unbranched alkanes of at least 4 members (excludes halogenated alkanes) is 1. The third-order valence-corrected chi connectivity index (χ3v) is 2.17. The number of aliphatic hydroxyl groups is 1. The van der Waals surface area contributed by atoms with Crippen LogP contribution in [0.5, 0.6) is 0 Å². The van der Waals surface area contributed by atoms with Gasteiger partial charge in [0.15, 0.2) is 0 Å². The fourth-order valence-electron chi connectivity index (χ4n) is 1.15. The summed E-state index contributed by atoms with van der Waals surface area (Å²) in [6.07, 6.45) is 5.31. The summed E-state index contributed by atoms with van der Waals surface area (Å²) in [7, 11) is 0. The van der Waals surface area contributed by atoms with E-state index in [4.69, 9.17) is 17.3 Å². The molecule has 0 bridgehead atoms. The lowest BCUT2D eigenvalue weighted by molar-refractivity contribution is -0.138. The summed E-state index contributed by atoms with van der Waals surface area (Å²) in [6, 6.07) is -0.863. The Bertz CT molecular complexity index is 298. The van der Waals surface area contributed by atoms with Crippen molar-refractivity contribution < 1.29 is 19.8 Å². The quantitative estimate of drug-likeness (QED) is 0.324. The Balaban J connectivity index is 3.55. The van der Waals surface area contributed by atoms with Gasteiger partial charge in [-0.15, -0.1) is 12.3 Å². The molecule has 1 unspecified atom stereocenters. The molecular formula is C11H18N2O4. The Kier molecular flexibility index (Phi) is 7.76. The molecule has 6 nitrogen and oxygen atoms in total. The molecule has 0 aliphatic heterocycles. The highest BCUT2D eigenvalue weighted by Crippen LogP contribution is 1.98. The number of terminal acetylenes is 1. The Morgan fingerprint density at radius 2 is 2.06 bits per heavy atom. The molecule has 0 aliphatic rings. The fraction of sp³-hybridized carbons (Fsp3) is 0.636. The number of carbonyl (C=O) groups excluding carboxylic acids is 1. The number of carbonyl (C=O) groups is 2. The zero-order valence-electron chi connectivity index (χ0n) is 9.56. The molecule has 0 spiro atoms. The smallest absolute Gasteiger partial charge is 0.320 e. The van der Waals surface area contributed by atoms with Crippen molar-refractivity contribution >= 4 is 11.9 Å². The molecule has 0 aromatic heterocycles. The van der Waals surface area contributed by atoms with Crippen molar-refractivity contribution in [3.8, 4) is 12.3 Å². The normalized spacial score (nSPS) is 13.5. The van der Waals surface area contributed by atoms with Crippen LogP contribution in [0, 0.1) is 12.3 Å². The molecule has 0 saturated carbocycles. The van der Waals surface area contributed by atoms with Crippen LogP contribution in [0.15, 0.2) is 0 Å². The van der Waals surface area contributed by atoms with Crippen LogP contribution in [0.25, 0.3) is 0 Å². The van der Waals surface area contributed by atoms with Gasteiger partial charge in [-0.1, -0.05) is 0 Å². The molecule has 0 radical (unpaired) electrons. The third kappa shape index (κ3) is 7.33. The molecule has 0 fully saturated rings. The predicted molar refractivity (Wildman–Crippen MR) is 61.9 cm³/mol. The maximum atomic E-state index is 11.2. The number of aliphatic carboxylic acids is 1. The summed E-state index contributed by atoms with van der Waals surface area (Å²) in [5.41, 5.74) is 5.30. The van der Waals surface area contributed by atoms with Gasteiger partial charge in [0.05, 0.1) is 0 Å². The average Bonchev–Trinajstić information content (AvgIpc) is 2.28. The first-order valence-electron chi connectivity index (χ1n) is 5.36. The van der Waals surface area contributed by atoms with E-state index in [0.717, 1.165) is 0 Å². The molecule has 0 aromatic carbocycles.